The molecule has 1 unspecified atom stereocenters. The smallest absolute Gasteiger partial charge is 0.331 e. The van der Waals surface area contributed by atoms with Crippen molar-refractivity contribution >= 4 is 5.97 Å². The number of allylic oxidation sites excluding steroid dienone is 1. The van der Waals surface area contributed by atoms with Crippen LogP contribution in [0, 0.1) is 0 Å². The number of hydrogen-bond donors (Lipinski definition) is 0. The van der Waals surface area contributed by atoms with Crippen LogP contribution in [0.5, 0.6) is 0 Å². The zero-order chi connectivity index (χ0) is 10.9. The third-order valence-electron chi connectivity index (χ3n) is 2.47. The van der Waals surface area contributed by atoms with Crippen molar-refractivity contribution in [2.24, 2.45) is 0 Å². The van der Waals surface area contributed by atoms with Crippen molar-refractivity contribution in [3.8, 4) is 0 Å². The predicted molar refractivity (Wildman–Crippen MR) is 61.5 cm³/mol. The largest absolute Gasteiger partial charge is 0.455 e. The summed E-state index contributed by atoms with van der Waals surface area (Å²) in [5.41, 5.74) is 0. The molecule has 1 aliphatic rings. The van der Waals surface area contributed by atoms with E-state index in [2.05, 4.69) is 19.1 Å². The fraction of sp³-hybridized carbons (Fsp3) is 0.615. The number of rotatable bonds is 7. The number of ether oxygens (including phenoxy) is 1. The Hall–Kier alpha value is -1.05. The van der Waals surface area contributed by atoms with Gasteiger partial charge in [0.2, 0.25) is 0 Å². The van der Waals surface area contributed by atoms with Crippen LogP contribution in [-0.2, 0) is 9.53 Å². The Balaban J connectivity index is 1.97. The molecule has 0 aromatic carbocycles. The molecule has 1 atom stereocenters. The SMILES string of the molecule is CCCCCC/C=C/CC1C=CC(=O)O1. The van der Waals surface area contributed by atoms with Crippen LogP contribution < -0.4 is 0 Å². The third-order valence-corrected chi connectivity index (χ3v) is 2.47. The van der Waals surface area contributed by atoms with Crippen molar-refractivity contribution < 1.29 is 9.53 Å². The van der Waals surface area contributed by atoms with Gasteiger partial charge in [-0.3, -0.25) is 0 Å². The summed E-state index contributed by atoms with van der Waals surface area (Å²) in [6.07, 6.45) is 14.8. The molecule has 0 bridgehead atoms. The lowest BCUT2D eigenvalue weighted by Crippen LogP contribution is -2.05. The summed E-state index contributed by atoms with van der Waals surface area (Å²) in [6, 6.07) is 0. The molecule has 15 heavy (non-hydrogen) atoms. The first-order valence-corrected chi connectivity index (χ1v) is 5.86. The first-order valence-electron chi connectivity index (χ1n) is 5.86. The zero-order valence-electron chi connectivity index (χ0n) is 9.45. The first kappa shape index (κ1) is 12.0. The van der Waals surface area contributed by atoms with Crippen LogP contribution in [0.2, 0.25) is 0 Å². The molecule has 0 radical (unpaired) electrons. The Morgan fingerprint density at radius 2 is 2.20 bits per heavy atom. The van der Waals surface area contributed by atoms with Crippen molar-refractivity contribution in [3.63, 3.8) is 0 Å². The molecule has 2 heteroatoms. The van der Waals surface area contributed by atoms with Gasteiger partial charge < -0.3 is 4.74 Å². The molecule has 2 nitrogen and oxygen atoms in total. The van der Waals surface area contributed by atoms with Gasteiger partial charge in [-0.15, -0.1) is 0 Å². The van der Waals surface area contributed by atoms with Gasteiger partial charge in [-0.1, -0.05) is 38.3 Å². The van der Waals surface area contributed by atoms with E-state index in [4.69, 9.17) is 4.74 Å². The van der Waals surface area contributed by atoms with Gasteiger partial charge in [-0.2, -0.15) is 0 Å². The second-order valence-corrected chi connectivity index (χ2v) is 3.89. The average Bonchev–Trinajstić information content (AvgIpc) is 2.63. The Morgan fingerprint density at radius 3 is 2.87 bits per heavy atom. The average molecular weight is 208 g/mol. The van der Waals surface area contributed by atoms with Crippen molar-refractivity contribution in [3.05, 3.63) is 24.3 Å². The zero-order valence-corrected chi connectivity index (χ0v) is 9.45. The molecular weight excluding hydrogens is 188 g/mol. The molecule has 1 heterocycles. The third kappa shape index (κ3) is 5.40. The quantitative estimate of drug-likeness (QED) is 0.364. The van der Waals surface area contributed by atoms with Crippen LogP contribution in [-0.4, -0.2) is 12.1 Å². The molecule has 0 N–H and O–H groups in total. The van der Waals surface area contributed by atoms with Gasteiger partial charge >= 0.3 is 5.97 Å². The van der Waals surface area contributed by atoms with Gasteiger partial charge in [0.05, 0.1) is 0 Å². The highest BCUT2D eigenvalue weighted by molar-refractivity contribution is 5.84. The van der Waals surface area contributed by atoms with Crippen LogP contribution >= 0.6 is 0 Å². The lowest BCUT2D eigenvalue weighted by Gasteiger charge is -2.03. The molecule has 84 valence electrons. The standard InChI is InChI=1S/C13H20O2/c1-2-3-4-5-6-7-8-9-12-10-11-13(14)15-12/h7-8,10-12H,2-6,9H2,1H3/b8-7+. The molecule has 0 saturated carbocycles. The van der Waals surface area contributed by atoms with E-state index in [0.29, 0.717) is 0 Å². The topological polar surface area (TPSA) is 26.3 Å². The van der Waals surface area contributed by atoms with E-state index in [1.54, 1.807) is 0 Å². The van der Waals surface area contributed by atoms with Gasteiger partial charge in [0.1, 0.15) is 6.10 Å². The molecule has 0 aliphatic carbocycles. The lowest BCUT2D eigenvalue weighted by molar-refractivity contribution is -0.138. The summed E-state index contributed by atoms with van der Waals surface area (Å²) in [7, 11) is 0. The van der Waals surface area contributed by atoms with Gasteiger partial charge in [-0.25, -0.2) is 4.79 Å². The molecular formula is C13H20O2. The molecule has 0 spiro atoms. The monoisotopic (exact) mass is 208 g/mol. The van der Waals surface area contributed by atoms with Gasteiger partial charge in [0.25, 0.3) is 0 Å². The molecule has 0 fully saturated rings. The Labute approximate surface area is 92.0 Å². The first-order chi connectivity index (χ1) is 7.33. The van der Waals surface area contributed by atoms with Gasteiger partial charge in [0, 0.05) is 12.5 Å². The molecule has 0 aromatic heterocycles. The number of carbonyl (C=O) groups excluding carboxylic acids is 1. The summed E-state index contributed by atoms with van der Waals surface area (Å²) in [5.74, 6) is -0.212. The predicted octanol–water partition coefficient (Wildman–Crippen LogP) is 3.38. The van der Waals surface area contributed by atoms with E-state index < -0.39 is 0 Å². The number of cyclic esters (lactones) is 1. The summed E-state index contributed by atoms with van der Waals surface area (Å²) >= 11 is 0. The molecule has 0 saturated heterocycles. The van der Waals surface area contributed by atoms with E-state index in [-0.39, 0.29) is 12.1 Å². The normalized spacial score (nSPS) is 20.1. The maximum absolute atomic E-state index is 10.7. The van der Waals surface area contributed by atoms with E-state index >= 15 is 0 Å². The Morgan fingerprint density at radius 1 is 1.33 bits per heavy atom. The minimum Gasteiger partial charge on any atom is -0.455 e. The maximum Gasteiger partial charge on any atom is 0.331 e. The van der Waals surface area contributed by atoms with E-state index in [0.717, 1.165) is 12.8 Å². The van der Waals surface area contributed by atoms with Crippen molar-refractivity contribution in [1.82, 2.24) is 0 Å². The second-order valence-electron chi connectivity index (χ2n) is 3.89. The minimum atomic E-state index is -0.212. The van der Waals surface area contributed by atoms with E-state index in [9.17, 15) is 4.79 Å². The number of esters is 1. The number of hydrogen-bond acceptors (Lipinski definition) is 2. The van der Waals surface area contributed by atoms with Crippen LogP contribution in [0.15, 0.2) is 24.3 Å². The van der Waals surface area contributed by atoms with Gasteiger partial charge in [0.15, 0.2) is 0 Å². The van der Waals surface area contributed by atoms with E-state index in [1.165, 1.54) is 31.8 Å². The van der Waals surface area contributed by atoms with Crippen LogP contribution in [0.25, 0.3) is 0 Å². The fourth-order valence-electron chi connectivity index (χ4n) is 1.58. The Kier molecular flexibility index (Phi) is 5.83. The number of unbranched alkanes of at least 4 members (excludes halogenated alkanes) is 4. The van der Waals surface area contributed by atoms with Crippen LogP contribution in [0.3, 0.4) is 0 Å². The highest BCUT2D eigenvalue weighted by atomic mass is 16.5. The van der Waals surface area contributed by atoms with Crippen molar-refractivity contribution in [1.29, 1.82) is 0 Å². The summed E-state index contributed by atoms with van der Waals surface area (Å²) in [5, 5.41) is 0. The summed E-state index contributed by atoms with van der Waals surface area (Å²) < 4.78 is 5.01. The molecule has 0 amide bonds. The Bertz CT molecular complexity index is 241. The van der Waals surface area contributed by atoms with Crippen LogP contribution in [0.4, 0.5) is 0 Å². The maximum atomic E-state index is 10.7. The highest BCUT2D eigenvalue weighted by Gasteiger charge is 2.13. The molecule has 1 aliphatic heterocycles. The van der Waals surface area contributed by atoms with Crippen molar-refractivity contribution in [2.75, 3.05) is 0 Å². The molecule has 1 rings (SSSR count). The summed E-state index contributed by atoms with van der Waals surface area (Å²) in [4.78, 5) is 10.7. The highest BCUT2D eigenvalue weighted by Crippen LogP contribution is 2.10. The summed E-state index contributed by atoms with van der Waals surface area (Å²) in [6.45, 7) is 2.22. The number of carbonyl (C=O) groups is 1. The van der Waals surface area contributed by atoms with Gasteiger partial charge in [-0.05, 0) is 18.9 Å². The second kappa shape index (κ2) is 7.27. The lowest BCUT2D eigenvalue weighted by atomic mass is 10.1. The molecule has 0 aromatic rings. The fourth-order valence-corrected chi connectivity index (χ4v) is 1.58. The van der Waals surface area contributed by atoms with Crippen LogP contribution in [0.1, 0.15) is 45.4 Å². The van der Waals surface area contributed by atoms with E-state index in [1.807, 2.05) is 6.08 Å². The van der Waals surface area contributed by atoms with Crippen molar-refractivity contribution in [2.45, 2.75) is 51.6 Å². The minimum absolute atomic E-state index is 0.0237.